The van der Waals surface area contributed by atoms with Crippen LogP contribution >= 0.6 is 0 Å². The number of hydrogen-bond acceptors (Lipinski definition) is 1. The highest BCUT2D eigenvalue weighted by molar-refractivity contribution is 5.69. The molecule has 22 heavy (non-hydrogen) atoms. The third-order valence-electron chi connectivity index (χ3n) is 4.32. The van der Waals surface area contributed by atoms with Crippen molar-refractivity contribution >= 4 is 5.97 Å². The van der Waals surface area contributed by atoms with Crippen LogP contribution in [0.2, 0.25) is 0 Å². The van der Waals surface area contributed by atoms with E-state index < -0.39 is 5.97 Å². The van der Waals surface area contributed by atoms with E-state index in [1.807, 2.05) is 6.07 Å². The second kappa shape index (κ2) is 6.78. The number of carbonyl (C=O) groups is 1. The van der Waals surface area contributed by atoms with Gasteiger partial charge < -0.3 is 5.11 Å². The smallest absolute Gasteiger partial charge is 0.304 e. The molecule has 0 amide bonds. The van der Waals surface area contributed by atoms with Gasteiger partial charge in [0.05, 0.1) is 6.42 Å². The summed E-state index contributed by atoms with van der Waals surface area (Å²) in [7, 11) is 0. The molecule has 116 valence electrons. The van der Waals surface area contributed by atoms with E-state index in [1.165, 1.54) is 16.7 Å². The minimum Gasteiger partial charge on any atom is -0.481 e. The second-order valence-corrected chi connectivity index (χ2v) is 6.32. The van der Waals surface area contributed by atoms with Crippen molar-refractivity contribution in [1.82, 2.24) is 0 Å². The van der Waals surface area contributed by atoms with Gasteiger partial charge in [-0.05, 0) is 47.6 Å². The fourth-order valence-corrected chi connectivity index (χ4v) is 2.70. The first-order chi connectivity index (χ1) is 10.4. The number of hydrogen-bond donors (Lipinski definition) is 1. The van der Waals surface area contributed by atoms with Gasteiger partial charge in [-0.15, -0.1) is 0 Å². The van der Waals surface area contributed by atoms with Gasteiger partial charge in [-0.25, -0.2) is 0 Å². The van der Waals surface area contributed by atoms with E-state index in [4.69, 9.17) is 0 Å². The van der Waals surface area contributed by atoms with Crippen molar-refractivity contribution in [2.45, 2.75) is 46.0 Å². The lowest BCUT2D eigenvalue weighted by Crippen LogP contribution is -2.08. The Labute approximate surface area is 132 Å². The summed E-state index contributed by atoms with van der Waals surface area (Å²) in [6.45, 7) is 8.46. The maximum Gasteiger partial charge on any atom is 0.304 e. The molecule has 0 aromatic heterocycles. The van der Waals surface area contributed by atoms with E-state index >= 15 is 0 Å². The van der Waals surface area contributed by atoms with Gasteiger partial charge in [-0.3, -0.25) is 4.79 Å². The van der Waals surface area contributed by atoms with Gasteiger partial charge >= 0.3 is 5.97 Å². The van der Waals surface area contributed by atoms with Gasteiger partial charge in [-0.1, -0.05) is 56.3 Å². The van der Waals surface area contributed by atoms with Crippen LogP contribution in [0.15, 0.2) is 42.5 Å². The molecule has 0 aliphatic carbocycles. The highest BCUT2D eigenvalue weighted by Crippen LogP contribution is 2.30. The summed E-state index contributed by atoms with van der Waals surface area (Å²) in [4.78, 5) is 11.3. The lowest BCUT2D eigenvalue weighted by Gasteiger charge is -2.18. The largest absolute Gasteiger partial charge is 0.481 e. The third kappa shape index (κ3) is 3.76. The van der Waals surface area contributed by atoms with Crippen molar-refractivity contribution in [1.29, 1.82) is 0 Å². The highest BCUT2D eigenvalue weighted by Gasteiger charge is 2.18. The van der Waals surface area contributed by atoms with E-state index in [-0.39, 0.29) is 12.3 Å². The van der Waals surface area contributed by atoms with E-state index in [2.05, 4.69) is 64.1 Å². The molecule has 2 aromatic carbocycles. The van der Waals surface area contributed by atoms with Crippen molar-refractivity contribution in [2.24, 2.45) is 0 Å². The zero-order chi connectivity index (χ0) is 16.3. The Morgan fingerprint density at radius 1 is 0.909 bits per heavy atom. The molecule has 1 atom stereocenters. The molecule has 2 rings (SSSR count). The van der Waals surface area contributed by atoms with Gasteiger partial charge in [-0.2, -0.15) is 0 Å². The van der Waals surface area contributed by atoms with Crippen LogP contribution in [0, 0.1) is 13.8 Å². The first-order valence-corrected chi connectivity index (χ1v) is 7.77. The predicted octanol–water partition coefficient (Wildman–Crippen LogP) is 5.03. The summed E-state index contributed by atoms with van der Waals surface area (Å²) in [5, 5.41) is 9.27. The maximum atomic E-state index is 11.3. The molecule has 2 heteroatoms. The Hall–Kier alpha value is -2.09. The molecular formula is C20H24O2. The van der Waals surface area contributed by atoms with E-state index in [9.17, 15) is 9.90 Å². The monoisotopic (exact) mass is 296 g/mol. The molecule has 0 fully saturated rings. The standard InChI is InChI=1S/C20H24O2/c1-13(2)16-7-9-17(10-8-16)19(12-20(21)22)18-6-5-14(3)15(4)11-18/h5-11,13,19H,12H2,1-4H3,(H,21,22). The van der Waals surface area contributed by atoms with E-state index in [1.54, 1.807) is 0 Å². The Morgan fingerprint density at radius 2 is 1.45 bits per heavy atom. The zero-order valence-corrected chi connectivity index (χ0v) is 13.8. The molecule has 2 nitrogen and oxygen atoms in total. The first-order valence-electron chi connectivity index (χ1n) is 7.77. The van der Waals surface area contributed by atoms with Crippen LogP contribution in [0.25, 0.3) is 0 Å². The number of rotatable bonds is 5. The fourth-order valence-electron chi connectivity index (χ4n) is 2.70. The predicted molar refractivity (Wildman–Crippen MR) is 90.5 cm³/mol. The summed E-state index contributed by atoms with van der Waals surface area (Å²) in [5.74, 6) is -0.386. The molecule has 0 bridgehead atoms. The van der Waals surface area contributed by atoms with Crippen molar-refractivity contribution in [3.63, 3.8) is 0 Å². The zero-order valence-electron chi connectivity index (χ0n) is 13.8. The Balaban J connectivity index is 2.40. The third-order valence-corrected chi connectivity index (χ3v) is 4.32. The van der Waals surface area contributed by atoms with E-state index in [0.717, 1.165) is 11.1 Å². The number of aliphatic carboxylic acids is 1. The lowest BCUT2D eigenvalue weighted by molar-refractivity contribution is -0.137. The average Bonchev–Trinajstić information content (AvgIpc) is 2.48. The number of carboxylic acids is 1. The van der Waals surface area contributed by atoms with Crippen molar-refractivity contribution in [3.8, 4) is 0 Å². The summed E-state index contributed by atoms with van der Waals surface area (Å²) in [6.07, 6.45) is 0.115. The minimum atomic E-state index is -0.767. The van der Waals surface area contributed by atoms with Gasteiger partial charge in [0.2, 0.25) is 0 Å². The van der Waals surface area contributed by atoms with Crippen LogP contribution in [0.1, 0.15) is 59.9 Å². The van der Waals surface area contributed by atoms with Gasteiger partial charge in [0.15, 0.2) is 0 Å². The van der Waals surface area contributed by atoms with Gasteiger partial charge in [0, 0.05) is 5.92 Å². The number of benzene rings is 2. The molecule has 0 aliphatic heterocycles. The van der Waals surface area contributed by atoms with Gasteiger partial charge in [0.1, 0.15) is 0 Å². The Morgan fingerprint density at radius 3 is 1.95 bits per heavy atom. The molecule has 2 aromatic rings. The maximum absolute atomic E-state index is 11.3. The first kappa shape index (κ1) is 16.3. The second-order valence-electron chi connectivity index (χ2n) is 6.32. The van der Waals surface area contributed by atoms with Crippen molar-refractivity contribution in [2.75, 3.05) is 0 Å². The Bertz CT molecular complexity index is 654. The van der Waals surface area contributed by atoms with Crippen LogP contribution in [-0.4, -0.2) is 11.1 Å². The van der Waals surface area contributed by atoms with Crippen LogP contribution < -0.4 is 0 Å². The SMILES string of the molecule is Cc1ccc(C(CC(=O)O)c2ccc(C(C)C)cc2)cc1C. The molecule has 0 aliphatic rings. The summed E-state index contributed by atoms with van der Waals surface area (Å²) in [5.41, 5.74) is 5.84. The molecule has 1 unspecified atom stereocenters. The molecule has 0 saturated carbocycles. The molecular weight excluding hydrogens is 272 g/mol. The van der Waals surface area contributed by atoms with Crippen LogP contribution in [0.3, 0.4) is 0 Å². The van der Waals surface area contributed by atoms with Crippen LogP contribution in [-0.2, 0) is 4.79 Å². The number of aryl methyl sites for hydroxylation is 2. The molecule has 0 radical (unpaired) electrons. The van der Waals surface area contributed by atoms with Gasteiger partial charge in [0.25, 0.3) is 0 Å². The Kier molecular flexibility index (Phi) is 5.02. The molecule has 1 N–H and O–H groups in total. The summed E-state index contributed by atoms with van der Waals surface area (Å²) < 4.78 is 0. The van der Waals surface area contributed by atoms with Crippen LogP contribution in [0.4, 0.5) is 0 Å². The fraction of sp³-hybridized carbons (Fsp3) is 0.350. The number of carboxylic acid groups (broad SMARTS) is 1. The average molecular weight is 296 g/mol. The highest BCUT2D eigenvalue weighted by atomic mass is 16.4. The lowest BCUT2D eigenvalue weighted by atomic mass is 9.86. The summed E-state index contributed by atoms with van der Waals surface area (Å²) >= 11 is 0. The quantitative estimate of drug-likeness (QED) is 0.840. The van der Waals surface area contributed by atoms with Crippen molar-refractivity contribution in [3.05, 3.63) is 70.3 Å². The minimum absolute atomic E-state index is 0.0991. The van der Waals surface area contributed by atoms with Crippen LogP contribution in [0.5, 0.6) is 0 Å². The molecule has 0 heterocycles. The summed E-state index contributed by atoms with van der Waals surface area (Å²) in [6, 6.07) is 14.6. The normalized spacial score (nSPS) is 12.4. The molecule has 0 saturated heterocycles. The molecule has 0 spiro atoms. The van der Waals surface area contributed by atoms with E-state index in [0.29, 0.717) is 5.92 Å². The topological polar surface area (TPSA) is 37.3 Å². The van der Waals surface area contributed by atoms with Crippen molar-refractivity contribution < 1.29 is 9.90 Å².